The Morgan fingerprint density at radius 1 is 1.21 bits per heavy atom. The minimum atomic E-state index is -0.184. The summed E-state index contributed by atoms with van der Waals surface area (Å²) in [6.45, 7) is 2.24. The van der Waals surface area contributed by atoms with Crippen molar-refractivity contribution in [2.75, 3.05) is 7.05 Å². The second-order valence-electron chi connectivity index (χ2n) is 5.13. The number of likely N-dealkylation sites (N-methyl/N-ethyl adjacent to an activating group) is 1. The van der Waals surface area contributed by atoms with Crippen molar-refractivity contribution in [3.63, 3.8) is 0 Å². The Labute approximate surface area is 125 Å². The molecule has 1 atom stereocenters. The third-order valence-corrected chi connectivity index (χ3v) is 4.28. The zero-order valence-corrected chi connectivity index (χ0v) is 13.6. The molecule has 0 aliphatic carbocycles. The quantitative estimate of drug-likeness (QED) is 0.623. The maximum atomic E-state index is 13.0. The van der Waals surface area contributed by atoms with Crippen molar-refractivity contribution >= 4 is 15.9 Å². The standard InChI is InChI=1S/C16H25BrFN/c1-3-4-5-6-7-8-15(19-2)11-13-9-10-14(18)12-16(13)17/h9-10,12,15,19H,3-8,11H2,1-2H3. The van der Waals surface area contributed by atoms with E-state index in [0.717, 1.165) is 10.9 Å². The normalized spacial score (nSPS) is 12.6. The number of unbranched alkanes of at least 4 members (excludes halogenated alkanes) is 4. The summed E-state index contributed by atoms with van der Waals surface area (Å²) in [6, 6.07) is 5.43. The molecule has 1 aromatic carbocycles. The second-order valence-corrected chi connectivity index (χ2v) is 5.98. The molecule has 1 N–H and O–H groups in total. The van der Waals surface area contributed by atoms with Crippen molar-refractivity contribution in [3.05, 3.63) is 34.1 Å². The second kappa shape index (κ2) is 9.49. The molecule has 0 radical (unpaired) electrons. The minimum Gasteiger partial charge on any atom is -0.317 e. The van der Waals surface area contributed by atoms with E-state index in [-0.39, 0.29) is 5.82 Å². The van der Waals surface area contributed by atoms with Crippen molar-refractivity contribution in [3.8, 4) is 0 Å². The third-order valence-electron chi connectivity index (χ3n) is 3.55. The van der Waals surface area contributed by atoms with Crippen molar-refractivity contribution < 1.29 is 4.39 Å². The highest BCUT2D eigenvalue weighted by Crippen LogP contribution is 2.21. The molecule has 19 heavy (non-hydrogen) atoms. The van der Waals surface area contributed by atoms with Gasteiger partial charge in [0.05, 0.1) is 0 Å². The first-order valence-corrected chi connectivity index (χ1v) is 8.07. The summed E-state index contributed by atoms with van der Waals surface area (Å²) in [5, 5.41) is 3.37. The van der Waals surface area contributed by atoms with Gasteiger partial charge in [0, 0.05) is 10.5 Å². The molecule has 1 nitrogen and oxygen atoms in total. The van der Waals surface area contributed by atoms with Gasteiger partial charge < -0.3 is 5.32 Å². The minimum absolute atomic E-state index is 0.184. The molecule has 0 amide bonds. The van der Waals surface area contributed by atoms with Crippen LogP contribution in [0.15, 0.2) is 22.7 Å². The molecule has 3 heteroatoms. The van der Waals surface area contributed by atoms with E-state index in [1.807, 2.05) is 13.1 Å². The van der Waals surface area contributed by atoms with E-state index in [9.17, 15) is 4.39 Å². The first-order chi connectivity index (χ1) is 9.17. The zero-order chi connectivity index (χ0) is 14.1. The van der Waals surface area contributed by atoms with Crippen LogP contribution in [0, 0.1) is 5.82 Å². The number of rotatable bonds is 9. The van der Waals surface area contributed by atoms with Gasteiger partial charge in [-0.05, 0) is 37.6 Å². The summed E-state index contributed by atoms with van der Waals surface area (Å²) in [6.07, 6.45) is 8.69. The lowest BCUT2D eigenvalue weighted by Crippen LogP contribution is -2.27. The zero-order valence-electron chi connectivity index (χ0n) is 12.0. The summed E-state index contributed by atoms with van der Waals surface area (Å²) in [4.78, 5) is 0. The maximum absolute atomic E-state index is 13.0. The highest BCUT2D eigenvalue weighted by atomic mass is 79.9. The molecular weight excluding hydrogens is 305 g/mol. The Morgan fingerprint density at radius 3 is 2.58 bits per heavy atom. The van der Waals surface area contributed by atoms with E-state index < -0.39 is 0 Å². The lowest BCUT2D eigenvalue weighted by atomic mass is 10.00. The summed E-state index contributed by atoms with van der Waals surface area (Å²) in [7, 11) is 2.01. The SMILES string of the molecule is CCCCCCCC(Cc1ccc(F)cc1Br)NC. The van der Waals surface area contributed by atoms with Crippen LogP contribution >= 0.6 is 15.9 Å². The van der Waals surface area contributed by atoms with Gasteiger partial charge in [-0.3, -0.25) is 0 Å². The first kappa shape index (κ1) is 16.6. The van der Waals surface area contributed by atoms with Crippen LogP contribution < -0.4 is 5.32 Å². The highest BCUT2D eigenvalue weighted by molar-refractivity contribution is 9.10. The largest absolute Gasteiger partial charge is 0.317 e. The Kier molecular flexibility index (Phi) is 8.31. The van der Waals surface area contributed by atoms with E-state index in [4.69, 9.17) is 0 Å². The molecule has 1 unspecified atom stereocenters. The molecule has 0 heterocycles. The van der Waals surface area contributed by atoms with Crippen molar-refractivity contribution in [2.45, 2.75) is 57.9 Å². The summed E-state index contributed by atoms with van der Waals surface area (Å²) in [5.41, 5.74) is 1.18. The van der Waals surface area contributed by atoms with Crippen LogP contribution in [0.4, 0.5) is 4.39 Å². The average molecular weight is 330 g/mol. The maximum Gasteiger partial charge on any atom is 0.124 e. The molecule has 108 valence electrons. The van der Waals surface area contributed by atoms with Gasteiger partial charge in [-0.15, -0.1) is 0 Å². The fraction of sp³-hybridized carbons (Fsp3) is 0.625. The van der Waals surface area contributed by atoms with Crippen molar-refractivity contribution in [2.24, 2.45) is 0 Å². The lowest BCUT2D eigenvalue weighted by Gasteiger charge is -2.17. The molecule has 0 fully saturated rings. The monoisotopic (exact) mass is 329 g/mol. The van der Waals surface area contributed by atoms with Crippen LogP contribution in [-0.2, 0) is 6.42 Å². The van der Waals surface area contributed by atoms with Gasteiger partial charge in [0.15, 0.2) is 0 Å². The topological polar surface area (TPSA) is 12.0 Å². The van der Waals surface area contributed by atoms with Crippen LogP contribution in [0.5, 0.6) is 0 Å². The molecule has 0 bridgehead atoms. The fourth-order valence-electron chi connectivity index (χ4n) is 2.30. The lowest BCUT2D eigenvalue weighted by molar-refractivity contribution is 0.481. The Morgan fingerprint density at radius 2 is 1.95 bits per heavy atom. The van der Waals surface area contributed by atoms with Gasteiger partial charge in [0.2, 0.25) is 0 Å². The predicted octanol–water partition coefficient (Wildman–Crippen LogP) is 5.08. The van der Waals surface area contributed by atoms with Crippen molar-refractivity contribution in [1.82, 2.24) is 5.32 Å². The first-order valence-electron chi connectivity index (χ1n) is 7.28. The van der Waals surface area contributed by atoms with E-state index in [0.29, 0.717) is 6.04 Å². The molecular formula is C16H25BrFN. The smallest absolute Gasteiger partial charge is 0.124 e. The van der Waals surface area contributed by atoms with Gasteiger partial charge in [-0.1, -0.05) is 61.0 Å². The molecule has 0 saturated carbocycles. The van der Waals surface area contributed by atoms with E-state index in [1.165, 1.54) is 50.2 Å². The molecule has 0 saturated heterocycles. The van der Waals surface area contributed by atoms with Gasteiger partial charge >= 0.3 is 0 Å². The fourth-order valence-corrected chi connectivity index (χ4v) is 2.81. The molecule has 1 aromatic rings. The van der Waals surface area contributed by atoms with Crippen LogP contribution in [0.3, 0.4) is 0 Å². The molecule has 0 spiro atoms. The molecule has 0 aromatic heterocycles. The summed E-state index contributed by atoms with van der Waals surface area (Å²) >= 11 is 3.44. The van der Waals surface area contributed by atoms with E-state index in [1.54, 1.807) is 6.07 Å². The molecule has 1 rings (SSSR count). The Bertz CT molecular complexity index is 368. The number of hydrogen-bond donors (Lipinski definition) is 1. The number of nitrogens with one attached hydrogen (secondary N) is 1. The van der Waals surface area contributed by atoms with Crippen LogP contribution in [0.1, 0.15) is 51.0 Å². The summed E-state index contributed by atoms with van der Waals surface area (Å²) < 4.78 is 13.9. The number of hydrogen-bond acceptors (Lipinski definition) is 1. The summed E-state index contributed by atoms with van der Waals surface area (Å²) in [5.74, 6) is -0.184. The van der Waals surface area contributed by atoms with Gasteiger partial charge in [0.1, 0.15) is 5.82 Å². The number of benzene rings is 1. The Hall–Kier alpha value is -0.410. The third kappa shape index (κ3) is 6.53. The number of halogens is 2. The van der Waals surface area contributed by atoms with Crippen LogP contribution in [0.2, 0.25) is 0 Å². The highest BCUT2D eigenvalue weighted by Gasteiger charge is 2.10. The van der Waals surface area contributed by atoms with Gasteiger partial charge in [-0.2, -0.15) is 0 Å². The Balaban J connectivity index is 2.39. The van der Waals surface area contributed by atoms with Crippen LogP contribution in [0.25, 0.3) is 0 Å². The van der Waals surface area contributed by atoms with Crippen molar-refractivity contribution in [1.29, 1.82) is 0 Å². The molecule has 0 aliphatic heterocycles. The van der Waals surface area contributed by atoms with E-state index >= 15 is 0 Å². The van der Waals surface area contributed by atoms with Gasteiger partial charge in [-0.25, -0.2) is 4.39 Å². The van der Waals surface area contributed by atoms with E-state index in [2.05, 4.69) is 28.2 Å². The predicted molar refractivity (Wildman–Crippen MR) is 84.0 cm³/mol. The average Bonchev–Trinajstić information content (AvgIpc) is 2.39. The molecule has 0 aliphatic rings. The van der Waals surface area contributed by atoms with Crippen LogP contribution in [-0.4, -0.2) is 13.1 Å². The van der Waals surface area contributed by atoms with Gasteiger partial charge in [0.25, 0.3) is 0 Å².